The summed E-state index contributed by atoms with van der Waals surface area (Å²) in [6, 6.07) is 10.8. The highest BCUT2D eigenvalue weighted by molar-refractivity contribution is 5.15. The van der Waals surface area contributed by atoms with E-state index >= 15 is 0 Å². The maximum absolute atomic E-state index is 5.69. The Hall–Kier alpha value is -0.860. The van der Waals surface area contributed by atoms with Crippen molar-refractivity contribution in [2.75, 3.05) is 13.1 Å². The molecule has 2 N–H and O–H groups in total. The fourth-order valence-corrected chi connectivity index (χ4v) is 3.16. The van der Waals surface area contributed by atoms with Crippen LogP contribution in [0.2, 0.25) is 0 Å². The van der Waals surface area contributed by atoms with E-state index in [0.29, 0.717) is 5.54 Å². The van der Waals surface area contributed by atoms with E-state index in [2.05, 4.69) is 49.1 Å². The third-order valence-electron chi connectivity index (χ3n) is 4.24. The van der Waals surface area contributed by atoms with Crippen molar-refractivity contribution in [3.63, 3.8) is 0 Å². The van der Waals surface area contributed by atoms with Gasteiger partial charge in [-0.3, -0.25) is 4.90 Å². The van der Waals surface area contributed by atoms with Crippen LogP contribution in [0.5, 0.6) is 0 Å². The van der Waals surface area contributed by atoms with E-state index in [1.54, 1.807) is 0 Å². The van der Waals surface area contributed by atoms with Crippen LogP contribution >= 0.6 is 0 Å². The molecule has 18 heavy (non-hydrogen) atoms. The molecule has 0 bridgehead atoms. The Morgan fingerprint density at radius 2 is 2.00 bits per heavy atom. The molecule has 1 unspecified atom stereocenters. The molecule has 1 saturated heterocycles. The lowest BCUT2D eigenvalue weighted by molar-refractivity contribution is 0.0379. The van der Waals surface area contributed by atoms with Gasteiger partial charge in [-0.25, -0.2) is 0 Å². The third kappa shape index (κ3) is 3.33. The van der Waals surface area contributed by atoms with Crippen molar-refractivity contribution in [2.45, 2.75) is 45.2 Å². The normalized spacial score (nSPS) is 24.1. The predicted molar refractivity (Wildman–Crippen MR) is 77.3 cm³/mol. The van der Waals surface area contributed by atoms with E-state index in [1.165, 1.54) is 31.4 Å². The molecular weight excluding hydrogens is 220 g/mol. The Labute approximate surface area is 111 Å². The Bertz CT molecular complexity index is 359. The number of hydrogen-bond acceptors (Lipinski definition) is 2. The molecule has 0 aliphatic carbocycles. The van der Waals surface area contributed by atoms with Crippen molar-refractivity contribution < 1.29 is 0 Å². The van der Waals surface area contributed by atoms with Crippen LogP contribution < -0.4 is 5.73 Å². The lowest BCUT2D eigenvalue weighted by Crippen LogP contribution is -2.49. The molecule has 1 heterocycles. The van der Waals surface area contributed by atoms with Crippen LogP contribution in [0.1, 0.15) is 38.7 Å². The smallest absolute Gasteiger partial charge is 0.0239 e. The van der Waals surface area contributed by atoms with Gasteiger partial charge in [0.05, 0.1) is 0 Å². The topological polar surface area (TPSA) is 29.3 Å². The highest BCUT2D eigenvalue weighted by Gasteiger charge is 2.33. The predicted octanol–water partition coefficient (Wildman–Crippen LogP) is 3.03. The van der Waals surface area contributed by atoms with Crippen LogP contribution in [0.3, 0.4) is 0 Å². The third-order valence-corrected chi connectivity index (χ3v) is 4.24. The van der Waals surface area contributed by atoms with Gasteiger partial charge in [0.15, 0.2) is 0 Å². The van der Waals surface area contributed by atoms with Gasteiger partial charge < -0.3 is 5.73 Å². The zero-order chi connectivity index (χ0) is 13.0. The summed E-state index contributed by atoms with van der Waals surface area (Å²) >= 11 is 0. The minimum absolute atomic E-state index is 0.300. The number of likely N-dealkylation sites (tertiary alicyclic amines) is 1. The second-order valence-corrected chi connectivity index (χ2v) is 6.16. The van der Waals surface area contributed by atoms with Gasteiger partial charge in [-0.1, -0.05) is 30.3 Å². The lowest BCUT2D eigenvalue weighted by atomic mass is 9.81. The van der Waals surface area contributed by atoms with Gasteiger partial charge in [-0.15, -0.1) is 0 Å². The molecule has 0 amide bonds. The molecular formula is C16H26N2. The SMILES string of the molecule is CC1(C)CC(CCN)CCN1Cc1ccccc1. The fraction of sp³-hybridized carbons (Fsp3) is 0.625. The van der Waals surface area contributed by atoms with Gasteiger partial charge in [0.2, 0.25) is 0 Å². The van der Waals surface area contributed by atoms with E-state index < -0.39 is 0 Å². The van der Waals surface area contributed by atoms with Crippen LogP contribution in [0.15, 0.2) is 30.3 Å². The molecule has 1 fully saturated rings. The van der Waals surface area contributed by atoms with Gasteiger partial charge in [-0.2, -0.15) is 0 Å². The Balaban J connectivity index is 1.98. The van der Waals surface area contributed by atoms with Crippen molar-refractivity contribution in [3.05, 3.63) is 35.9 Å². The highest BCUT2D eigenvalue weighted by atomic mass is 15.2. The van der Waals surface area contributed by atoms with Gasteiger partial charge in [0, 0.05) is 12.1 Å². The minimum atomic E-state index is 0.300. The second-order valence-electron chi connectivity index (χ2n) is 6.16. The molecule has 100 valence electrons. The van der Waals surface area contributed by atoms with Gasteiger partial charge in [0.25, 0.3) is 0 Å². The Morgan fingerprint density at radius 3 is 2.61 bits per heavy atom. The molecule has 1 atom stereocenters. The number of nitrogens with zero attached hydrogens (tertiary/aromatic N) is 1. The van der Waals surface area contributed by atoms with Crippen LogP contribution in [0.25, 0.3) is 0 Å². The largest absolute Gasteiger partial charge is 0.330 e. The number of hydrogen-bond donors (Lipinski definition) is 1. The first-order valence-corrected chi connectivity index (χ1v) is 7.11. The number of benzene rings is 1. The standard InChI is InChI=1S/C16H26N2/c1-16(2)12-14(8-10-17)9-11-18(16)13-15-6-4-3-5-7-15/h3-7,14H,8-13,17H2,1-2H3. The van der Waals surface area contributed by atoms with Crippen molar-refractivity contribution in [1.82, 2.24) is 4.90 Å². The molecule has 2 heteroatoms. The van der Waals surface area contributed by atoms with Crippen molar-refractivity contribution in [3.8, 4) is 0 Å². The molecule has 0 saturated carbocycles. The van der Waals surface area contributed by atoms with Gasteiger partial charge in [-0.05, 0) is 57.7 Å². The summed E-state index contributed by atoms with van der Waals surface area (Å²) in [5.74, 6) is 0.817. The monoisotopic (exact) mass is 246 g/mol. The first-order chi connectivity index (χ1) is 8.62. The summed E-state index contributed by atoms with van der Waals surface area (Å²) in [5, 5.41) is 0. The molecule has 0 radical (unpaired) electrons. The molecule has 0 spiro atoms. The molecule has 1 aliphatic heterocycles. The molecule has 0 aromatic heterocycles. The number of nitrogens with two attached hydrogens (primary N) is 1. The Morgan fingerprint density at radius 1 is 1.28 bits per heavy atom. The van der Waals surface area contributed by atoms with Gasteiger partial charge >= 0.3 is 0 Å². The molecule has 2 nitrogen and oxygen atoms in total. The van der Waals surface area contributed by atoms with Crippen molar-refractivity contribution in [1.29, 1.82) is 0 Å². The average molecular weight is 246 g/mol. The number of rotatable bonds is 4. The van der Waals surface area contributed by atoms with E-state index in [4.69, 9.17) is 5.73 Å². The summed E-state index contributed by atoms with van der Waals surface area (Å²) in [6.45, 7) is 7.85. The van der Waals surface area contributed by atoms with Crippen molar-refractivity contribution in [2.24, 2.45) is 11.7 Å². The lowest BCUT2D eigenvalue weighted by Gasteiger charge is -2.46. The highest BCUT2D eigenvalue weighted by Crippen LogP contribution is 2.33. The molecule has 2 rings (SSSR count). The van der Waals surface area contributed by atoms with E-state index in [-0.39, 0.29) is 0 Å². The molecule has 1 aliphatic rings. The summed E-state index contributed by atoms with van der Waals surface area (Å²) in [4.78, 5) is 2.62. The summed E-state index contributed by atoms with van der Waals surface area (Å²) in [5.41, 5.74) is 7.41. The maximum Gasteiger partial charge on any atom is 0.0239 e. The first-order valence-electron chi connectivity index (χ1n) is 7.11. The van der Waals surface area contributed by atoms with Crippen molar-refractivity contribution >= 4 is 0 Å². The van der Waals surface area contributed by atoms with E-state index in [1.807, 2.05) is 0 Å². The summed E-state index contributed by atoms with van der Waals surface area (Å²) < 4.78 is 0. The molecule has 1 aromatic rings. The van der Waals surface area contributed by atoms with Gasteiger partial charge in [0.1, 0.15) is 0 Å². The minimum Gasteiger partial charge on any atom is -0.330 e. The molecule has 1 aromatic carbocycles. The van der Waals surface area contributed by atoms with Crippen LogP contribution in [-0.4, -0.2) is 23.5 Å². The quantitative estimate of drug-likeness (QED) is 0.885. The Kier molecular flexibility index (Phi) is 4.41. The van der Waals surface area contributed by atoms with E-state index in [0.717, 1.165) is 19.0 Å². The van der Waals surface area contributed by atoms with Crippen LogP contribution in [0.4, 0.5) is 0 Å². The fourth-order valence-electron chi connectivity index (χ4n) is 3.16. The van der Waals surface area contributed by atoms with Crippen LogP contribution in [0, 0.1) is 5.92 Å². The first kappa shape index (κ1) is 13.6. The maximum atomic E-state index is 5.69. The number of piperidine rings is 1. The van der Waals surface area contributed by atoms with Crippen LogP contribution in [-0.2, 0) is 6.54 Å². The zero-order valence-corrected chi connectivity index (χ0v) is 11.7. The summed E-state index contributed by atoms with van der Waals surface area (Å²) in [7, 11) is 0. The zero-order valence-electron chi connectivity index (χ0n) is 11.7. The van der Waals surface area contributed by atoms with E-state index in [9.17, 15) is 0 Å². The average Bonchev–Trinajstić information content (AvgIpc) is 2.34. The second kappa shape index (κ2) is 5.85. The summed E-state index contributed by atoms with van der Waals surface area (Å²) in [6.07, 6.45) is 3.76.